The summed E-state index contributed by atoms with van der Waals surface area (Å²) in [5.74, 6) is 0. The molecule has 1 aliphatic rings. The summed E-state index contributed by atoms with van der Waals surface area (Å²) in [5.41, 5.74) is 2.17. The van der Waals surface area contributed by atoms with E-state index in [1.165, 1.54) is 24.9 Å². The first-order valence-corrected chi connectivity index (χ1v) is 8.14. The molecule has 1 saturated heterocycles. The van der Waals surface area contributed by atoms with Crippen molar-refractivity contribution in [3.63, 3.8) is 0 Å². The minimum absolute atomic E-state index is 0.182. The number of nitrogens with zero attached hydrogens (tertiary/aromatic N) is 4. The summed E-state index contributed by atoms with van der Waals surface area (Å²) in [6.45, 7) is 3.86. The van der Waals surface area contributed by atoms with Crippen LogP contribution in [-0.4, -0.2) is 34.2 Å². The molecule has 0 atom stereocenters. The molecule has 6 nitrogen and oxygen atoms in total. The highest BCUT2D eigenvalue weighted by Gasteiger charge is 2.10. The Bertz CT molecular complexity index is 816. The zero-order valence-electron chi connectivity index (χ0n) is 13.0. The van der Waals surface area contributed by atoms with Crippen LogP contribution in [0.15, 0.2) is 34.2 Å². The molecule has 120 valence electrons. The van der Waals surface area contributed by atoms with Crippen LogP contribution in [0.1, 0.15) is 30.5 Å². The van der Waals surface area contributed by atoms with E-state index in [0.717, 1.165) is 23.3 Å². The topological polar surface area (TPSA) is 66.3 Å². The Hall–Kier alpha value is -2.28. The zero-order valence-corrected chi connectivity index (χ0v) is 13.8. The third-order valence-corrected chi connectivity index (χ3v) is 4.21. The van der Waals surface area contributed by atoms with Gasteiger partial charge in [0.15, 0.2) is 0 Å². The van der Waals surface area contributed by atoms with Crippen LogP contribution in [-0.2, 0) is 0 Å². The largest absolute Gasteiger partial charge is 0.372 e. The summed E-state index contributed by atoms with van der Waals surface area (Å²) in [6, 6.07) is 8.18. The second kappa shape index (κ2) is 6.87. The van der Waals surface area contributed by atoms with Gasteiger partial charge in [-0.1, -0.05) is 12.1 Å². The van der Waals surface area contributed by atoms with E-state index in [-0.39, 0.29) is 10.3 Å². The first kappa shape index (κ1) is 15.6. The molecule has 1 aromatic carbocycles. The summed E-state index contributed by atoms with van der Waals surface area (Å²) >= 11 is 5.05. The van der Waals surface area contributed by atoms with Crippen LogP contribution in [0, 0.1) is 11.7 Å². The maximum absolute atomic E-state index is 12.0. The number of H-pyrrole nitrogens is 1. The minimum Gasteiger partial charge on any atom is -0.372 e. The molecule has 0 saturated carbocycles. The lowest BCUT2D eigenvalue weighted by molar-refractivity contribution is 0.578. The quantitative estimate of drug-likeness (QED) is 0.694. The fourth-order valence-electron chi connectivity index (χ4n) is 2.62. The van der Waals surface area contributed by atoms with Crippen LogP contribution >= 0.6 is 12.2 Å². The molecule has 1 aromatic heterocycles. The smallest absolute Gasteiger partial charge is 0.296 e. The van der Waals surface area contributed by atoms with E-state index in [9.17, 15) is 4.79 Å². The van der Waals surface area contributed by atoms with Crippen molar-refractivity contribution in [1.82, 2.24) is 14.9 Å². The molecular formula is C16H19N5OS. The average molecular weight is 329 g/mol. The van der Waals surface area contributed by atoms with E-state index in [0.29, 0.717) is 5.69 Å². The maximum atomic E-state index is 12.0. The maximum Gasteiger partial charge on any atom is 0.296 e. The summed E-state index contributed by atoms with van der Waals surface area (Å²) in [5, 5.41) is 10.6. The fourth-order valence-corrected chi connectivity index (χ4v) is 2.80. The van der Waals surface area contributed by atoms with E-state index >= 15 is 0 Å². The SMILES string of the molecule is Cc1n[nH]c(=S)n(/N=C\c2ccc(N3CCCCC3)cc2)c1=O. The van der Waals surface area contributed by atoms with Gasteiger partial charge in [0.25, 0.3) is 5.56 Å². The molecular weight excluding hydrogens is 310 g/mol. The first-order valence-electron chi connectivity index (χ1n) is 7.73. The highest BCUT2D eigenvalue weighted by Crippen LogP contribution is 2.19. The van der Waals surface area contributed by atoms with Gasteiger partial charge in [0.05, 0.1) is 6.21 Å². The third-order valence-electron chi connectivity index (χ3n) is 3.95. The number of anilines is 1. The van der Waals surface area contributed by atoms with Gasteiger partial charge in [-0.15, -0.1) is 0 Å². The highest BCUT2D eigenvalue weighted by atomic mass is 32.1. The highest BCUT2D eigenvalue weighted by molar-refractivity contribution is 7.71. The van der Waals surface area contributed by atoms with E-state index in [2.05, 4.69) is 32.3 Å². The number of aryl methyl sites for hydroxylation is 1. The van der Waals surface area contributed by atoms with Gasteiger partial charge < -0.3 is 4.90 Å². The van der Waals surface area contributed by atoms with E-state index in [1.807, 2.05) is 12.1 Å². The van der Waals surface area contributed by atoms with Gasteiger partial charge in [-0.3, -0.25) is 9.89 Å². The van der Waals surface area contributed by atoms with Crippen LogP contribution < -0.4 is 10.5 Å². The van der Waals surface area contributed by atoms with E-state index in [1.54, 1.807) is 13.1 Å². The second-order valence-corrected chi connectivity index (χ2v) is 6.00. The van der Waals surface area contributed by atoms with Crippen molar-refractivity contribution in [2.24, 2.45) is 5.10 Å². The van der Waals surface area contributed by atoms with Gasteiger partial charge in [0, 0.05) is 18.8 Å². The van der Waals surface area contributed by atoms with Gasteiger partial charge in [0.1, 0.15) is 5.69 Å². The fraction of sp³-hybridized carbons (Fsp3) is 0.375. The summed E-state index contributed by atoms with van der Waals surface area (Å²) < 4.78 is 1.33. The summed E-state index contributed by atoms with van der Waals surface area (Å²) in [6.07, 6.45) is 5.46. The van der Waals surface area contributed by atoms with Crippen molar-refractivity contribution in [1.29, 1.82) is 0 Å². The number of aromatic amines is 1. The monoisotopic (exact) mass is 329 g/mol. The Labute approximate surface area is 139 Å². The number of hydrogen-bond acceptors (Lipinski definition) is 5. The molecule has 7 heteroatoms. The van der Waals surface area contributed by atoms with Crippen molar-refractivity contribution >= 4 is 24.1 Å². The molecule has 1 fully saturated rings. The molecule has 23 heavy (non-hydrogen) atoms. The number of piperidine rings is 1. The lowest BCUT2D eigenvalue weighted by Gasteiger charge is -2.28. The Morgan fingerprint density at radius 2 is 1.91 bits per heavy atom. The van der Waals surface area contributed by atoms with Crippen LogP contribution in [0.3, 0.4) is 0 Å². The molecule has 0 radical (unpaired) electrons. The molecule has 0 spiro atoms. The number of rotatable bonds is 3. The predicted octanol–water partition coefficient (Wildman–Crippen LogP) is 2.48. The van der Waals surface area contributed by atoms with Gasteiger partial charge in [-0.2, -0.15) is 14.9 Å². The van der Waals surface area contributed by atoms with Gasteiger partial charge >= 0.3 is 0 Å². The molecule has 1 aliphatic heterocycles. The third kappa shape index (κ3) is 3.56. The van der Waals surface area contributed by atoms with Crippen molar-refractivity contribution in [2.45, 2.75) is 26.2 Å². The molecule has 2 aromatic rings. The lowest BCUT2D eigenvalue weighted by Crippen LogP contribution is -2.29. The Morgan fingerprint density at radius 3 is 2.61 bits per heavy atom. The first-order chi connectivity index (χ1) is 11.1. The minimum atomic E-state index is -0.310. The van der Waals surface area contributed by atoms with E-state index in [4.69, 9.17) is 12.2 Å². The number of aromatic nitrogens is 3. The molecule has 0 aliphatic carbocycles. The van der Waals surface area contributed by atoms with Gasteiger partial charge in [0.2, 0.25) is 4.77 Å². The van der Waals surface area contributed by atoms with Crippen molar-refractivity contribution in [2.75, 3.05) is 18.0 Å². The average Bonchev–Trinajstić information content (AvgIpc) is 2.60. The lowest BCUT2D eigenvalue weighted by atomic mass is 10.1. The van der Waals surface area contributed by atoms with Crippen molar-refractivity contribution in [3.05, 3.63) is 50.6 Å². The normalized spacial score (nSPS) is 15.3. The van der Waals surface area contributed by atoms with Crippen LogP contribution in [0.25, 0.3) is 0 Å². The Kier molecular flexibility index (Phi) is 4.66. The number of hydrogen-bond donors (Lipinski definition) is 1. The van der Waals surface area contributed by atoms with E-state index < -0.39 is 0 Å². The van der Waals surface area contributed by atoms with Gasteiger partial charge in [-0.05, 0) is 56.1 Å². The van der Waals surface area contributed by atoms with Crippen LogP contribution in [0.4, 0.5) is 5.69 Å². The summed E-state index contributed by atoms with van der Waals surface area (Å²) in [7, 11) is 0. The molecule has 0 amide bonds. The zero-order chi connectivity index (χ0) is 16.2. The summed E-state index contributed by atoms with van der Waals surface area (Å²) in [4.78, 5) is 14.4. The molecule has 3 rings (SSSR count). The van der Waals surface area contributed by atoms with Crippen LogP contribution in [0.2, 0.25) is 0 Å². The second-order valence-electron chi connectivity index (χ2n) is 5.61. The molecule has 0 unspecified atom stereocenters. The van der Waals surface area contributed by atoms with Crippen LogP contribution in [0.5, 0.6) is 0 Å². The van der Waals surface area contributed by atoms with Gasteiger partial charge in [-0.25, -0.2) is 0 Å². The molecule has 1 N–H and O–H groups in total. The molecule has 2 heterocycles. The Morgan fingerprint density at radius 1 is 1.22 bits per heavy atom. The standard InChI is InChI=1S/C16H19N5OS/c1-12-15(22)21(16(23)19-18-12)17-11-13-5-7-14(8-6-13)20-9-3-2-4-10-20/h5-8,11H,2-4,9-10H2,1H3,(H,19,23)/b17-11-. The Balaban J connectivity index is 1.80. The van der Waals surface area contributed by atoms with Crippen molar-refractivity contribution < 1.29 is 0 Å². The van der Waals surface area contributed by atoms with Crippen molar-refractivity contribution in [3.8, 4) is 0 Å². The number of nitrogens with one attached hydrogen (secondary N) is 1. The predicted molar refractivity (Wildman–Crippen MR) is 93.9 cm³/mol. The number of benzene rings is 1. The molecule has 0 bridgehead atoms.